The third-order valence-corrected chi connectivity index (χ3v) is 4.58. The van der Waals surface area contributed by atoms with Gasteiger partial charge in [0.1, 0.15) is 0 Å². The van der Waals surface area contributed by atoms with Gasteiger partial charge in [-0.05, 0) is 38.5 Å². The van der Waals surface area contributed by atoms with Crippen LogP contribution in [0, 0.1) is 5.92 Å². The van der Waals surface area contributed by atoms with E-state index >= 15 is 0 Å². The first-order valence-electron chi connectivity index (χ1n) is 7.75. The van der Waals surface area contributed by atoms with Crippen LogP contribution in [0.4, 0.5) is 0 Å². The van der Waals surface area contributed by atoms with Crippen molar-refractivity contribution in [2.45, 2.75) is 77.4 Å². The van der Waals surface area contributed by atoms with Crippen molar-refractivity contribution < 1.29 is 0 Å². The highest BCUT2D eigenvalue weighted by molar-refractivity contribution is 4.95. The average molecular weight is 238 g/mol. The molecule has 0 bridgehead atoms. The highest BCUT2D eigenvalue weighted by Crippen LogP contribution is 2.35. The molecular formula is C15H30N2. The highest BCUT2D eigenvalue weighted by atomic mass is 15.3. The zero-order valence-electron chi connectivity index (χ0n) is 11.9. The van der Waals surface area contributed by atoms with Crippen molar-refractivity contribution in [1.82, 2.24) is 10.2 Å². The van der Waals surface area contributed by atoms with Crippen LogP contribution in [-0.4, -0.2) is 36.1 Å². The smallest absolute Gasteiger partial charge is 0.0224 e. The van der Waals surface area contributed by atoms with Gasteiger partial charge < -0.3 is 5.32 Å². The molecule has 2 heteroatoms. The average Bonchev–Trinajstić information content (AvgIpc) is 3.14. The fraction of sp³-hybridized carbons (Fsp3) is 1.00. The maximum absolute atomic E-state index is 3.80. The molecule has 1 saturated carbocycles. The van der Waals surface area contributed by atoms with Gasteiger partial charge in [-0.15, -0.1) is 0 Å². The molecule has 2 rings (SSSR count). The van der Waals surface area contributed by atoms with E-state index in [0.29, 0.717) is 0 Å². The van der Waals surface area contributed by atoms with E-state index in [9.17, 15) is 0 Å². The van der Waals surface area contributed by atoms with Gasteiger partial charge in [-0.1, -0.05) is 26.7 Å². The van der Waals surface area contributed by atoms with Crippen LogP contribution in [0.3, 0.4) is 0 Å². The Balaban J connectivity index is 1.92. The standard InChI is InChI=1S/C15H30N2/c1-4-6-12(3)17-11-15(13-8-9-13)16-10-14(17)7-5-2/h12-16H,4-11H2,1-3H3. The van der Waals surface area contributed by atoms with Crippen LogP contribution >= 0.6 is 0 Å². The van der Waals surface area contributed by atoms with Crippen molar-refractivity contribution in [2.75, 3.05) is 13.1 Å². The van der Waals surface area contributed by atoms with Crippen molar-refractivity contribution in [3.8, 4) is 0 Å². The molecule has 0 radical (unpaired) electrons. The predicted molar refractivity (Wildman–Crippen MR) is 74.3 cm³/mol. The normalized spacial score (nSPS) is 32.6. The number of hydrogen-bond acceptors (Lipinski definition) is 2. The van der Waals surface area contributed by atoms with Crippen LogP contribution in [0.25, 0.3) is 0 Å². The van der Waals surface area contributed by atoms with Crippen molar-refractivity contribution >= 4 is 0 Å². The monoisotopic (exact) mass is 238 g/mol. The molecule has 3 unspecified atom stereocenters. The van der Waals surface area contributed by atoms with Gasteiger partial charge >= 0.3 is 0 Å². The van der Waals surface area contributed by atoms with Crippen molar-refractivity contribution in [3.05, 3.63) is 0 Å². The summed E-state index contributed by atoms with van der Waals surface area (Å²) in [5.74, 6) is 0.994. The third-order valence-electron chi connectivity index (χ3n) is 4.58. The molecule has 17 heavy (non-hydrogen) atoms. The second-order valence-corrected chi connectivity index (χ2v) is 6.13. The second kappa shape index (κ2) is 6.19. The van der Waals surface area contributed by atoms with E-state index in [1.54, 1.807) is 0 Å². The van der Waals surface area contributed by atoms with E-state index in [-0.39, 0.29) is 0 Å². The van der Waals surface area contributed by atoms with E-state index < -0.39 is 0 Å². The van der Waals surface area contributed by atoms with Gasteiger partial charge in [-0.25, -0.2) is 0 Å². The number of nitrogens with zero attached hydrogens (tertiary/aromatic N) is 1. The van der Waals surface area contributed by atoms with Crippen LogP contribution in [0.2, 0.25) is 0 Å². The molecule has 0 spiro atoms. The lowest BCUT2D eigenvalue weighted by atomic mass is 9.98. The number of nitrogens with one attached hydrogen (secondary N) is 1. The zero-order valence-corrected chi connectivity index (χ0v) is 11.9. The highest BCUT2D eigenvalue weighted by Gasteiger charge is 2.37. The van der Waals surface area contributed by atoms with Crippen LogP contribution in [-0.2, 0) is 0 Å². The van der Waals surface area contributed by atoms with Crippen LogP contribution in [0.15, 0.2) is 0 Å². The van der Waals surface area contributed by atoms with Crippen molar-refractivity contribution in [3.63, 3.8) is 0 Å². The Hall–Kier alpha value is -0.0800. The zero-order chi connectivity index (χ0) is 12.3. The van der Waals surface area contributed by atoms with E-state index in [0.717, 1.165) is 24.0 Å². The summed E-state index contributed by atoms with van der Waals surface area (Å²) in [5.41, 5.74) is 0. The Morgan fingerprint density at radius 3 is 2.59 bits per heavy atom. The minimum absolute atomic E-state index is 0.778. The lowest BCUT2D eigenvalue weighted by molar-refractivity contribution is 0.0732. The van der Waals surface area contributed by atoms with Gasteiger partial charge in [-0.2, -0.15) is 0 Å². The van der Waals surface area contributed by atoms with E-state index in [2.05, 4.69) is 31.0 Å². The number of rotatable bonds is 6. The fourth-order valence-electron chi connectivity index (χ4n) is 3.38. The first-order chi connectivity index (χ1) is 8.26. The first-order valence-corrected chi connectivity index (χ1v) is 7.75. The molecule has 1 N–H and O–H groups in total. The molecule has 2 aliphatic rings. The Morgan fingerprint density at radius 1 is 1.24 bits per heavy atom. The Morgan fingerprint density at radius 2 is 2.00 bits per heavy atom. The molecule has 2 nitrogen and oxygen atoms in total. The summed E-state index contributed by atoms with van der Waals surface area (Å²) in [6.45, 7) is 9.59. The minimum atomic E-state index is 0.778. The lowest BCUT2D eigenvalue weighted by Gasteiger charge is -2.44. The summed E-state index contributed by atoms with van der Waals surface area (Å²) >= 11 is 0. The van der Waals surface area contributed by atoms with E-state index in [1.807, 2.05) is 0 Å². The van der Waals surface area contributed by atoms with Crippen LogP contribution in [0.5, 0.6) is 0 Å². The molecular weight excluding hydrogens is 208 g/mol. The Kier molecular flexibility index (Phi) is 4.87. The predicted octanol–water partition coefficient (Wildman–Crippen LogP) is 3.03. The third kappa shape index (κ3) is 3.45. The molecule has 0 aromatic rings. The van der Waals surface area contributed by atoms with E-state index in [1.165, 1.54) is 51.6 Å². The summed E-state index contributed by atoms with van der Waals surface area (Å²) in [5, 5.41) is 3.80. The molecule has 1 aliphatic heterocycles. The van der Waals surface area contributed by atoms with Gasteiger partial charge in [0, 0.05) is 31.2 Å². The molecule has 2 fully saturated rings. The van der Waals surface area contributed by atoms with Gasteiger partial charge in [0.25, 0.3) is 0 Å². The van der Waals surface area contributed by atoms with Crippen LogP contribution in [0.1, 0.15) is 59.3 Å². The van der Waals surface area contributed by atoms with Gasteiger partial charge in [-0.3, -0.25) is 4.90 Å². The molecule has 1 heterocycles. The molecule has 3 atom stereocenters. The summed E-state index contributed by atoms with van der Waals surface area (Å²) in [6, 6.07) is 2.36. The summed E-state index contributed by atoms with van der Waals surface area (Å²) < 4.78 is 0. The second-order valence-electron chi connectivity index (χ2n) is 6.13. The molecule has 0 aromatic carbocycles. The minimum Gasteiger partial charge on any atom is -0.311 e. The van der Waals surface area contributed by atoms with Gasteiger partial charge in [0.15, 0.2) is 0 Å². The largest absolute Gasteiger partial charge is 0.311 e. The molecule has 0 amide bonds. The maximum Gasteiger partial charge on any atom is 0.0224 e. The van der Waals surface area contributed by atoms with Crippen LogP contribution < -0.4 is 5.32 Å². The summed E-state index contributed by atoms with van der Waals surface area (Å²) in [7, 11) is 0. The summed E-state index contributed by atoms with van der Waals surface area (Å²) in [4.78, 5) is 2.81. The molecule has 1 saturated heterocycles. The Labute approximate surface area is 107 Å². The molecule has 100 valence electrons. The lowest BCUT2D eigenvalue weighted by Crippen LogP contribution is -2.59. The fourth-order valence-corrected chi connectivity index (χ4v) is 3.38. The Bertz CT molecular complexity index is 225. The quantitative estimate of drug-likeness (QED) is 0.765. The maximum atomic E-state index is 3.80. The van der Waals surface area contributed by atoms with Crippen molar-refractivity contribution in [1.29, 1.82) is 0 Å². The van der Waals surface area contributed by atoms with Crippen molar-refractivity contribution in [2.24, 2.45) is 5.92 Å². The van der Waals surface area contributed by atoms with E-state index in [4.69, 9.17) is 0 Å². The topological polar surface area (TPSA) is 15.3 Å². The van der Waals surface area contributed by atoms with Gasteiger partial charge in [0.2, 0.25) is 0 Å². The number of piperazine rings is 1. The first kappa shape index (κ1) is 13.4. The number of hydrogen-bond donors (Lipinski definition) is 1. The summed E-state index contributed by atoms with van der Waals surface area (Å²) in [6.07, 6.45) is 8.28. The SMILES string of the molecule is CCCC(C)N1CC(C2CC2)NCC1CCC. The molecule has 1 aliphatic carbocycles. The molecule has 0 aromatic heterocycles. The van der Waals surface area contributed by atoms with Gasteiger partial charge in [0.05, 0.1) is 0 Å².